The van der Waals surface area contributed by atoms with E-state index in [4.69, 9.17) is 9.47 Å². The molecule has 0 saturated carbocycles. The van der Waals surface area contributed by atoms with Crippen LogP contribution in [0.2, 0.25) is 0 Å². The standard InChI is InChI=1S/C25H26FNO3/c1-3-29-22-13-7-18(8-14-22)24(17-25(28)19-5-9-20(26)10-6-19)27-21-11-15-23(16-12-21)30-4-2/h5-16,24,27H,3-4,17H2,1-2H3. The van der Waals surface area contributed by atoms with Crippen molar-refractivity contribution in [1.29, 1.82) is 0 Å². The minimum atomic E-state index is -0.359. The predicted molar refractivity (Wildman–Crippen MR) is 117 cm³/mol. The molecule has 30 heavy (non-hydrogen) atoms. The van der Waals surface area contributed by atoms with Crippen molar-refractivity contribution in [3.8, 4) is 11.5 Å². The van der Waals surface area contributed by atoms with Gasteiger partial charge in [0.05, 0.1) is 19.3 Å². The number of rotatable bonds is 10. The summed E-state index contributed by atoms with van der Waals surface area (Å²) in [5.41, 5.74) is 2.33. The molecule has 3 rings (SSSR count). The van der Waals surface area contributed by atoms with E-state index in [1.54, 1.807) is 0 Å². The summed E-state index contributed by atoms with van der Waals surface area (Å²) in [6.07, 6.45) is 0.229. The lowest BCUT2D eigenvalue weighted by Crippen LogP contribution is -2.16. The average Bonchev–Trinajstić information content (AvgIpc) is 2.76. The highest BCUT2D eigenvalue weighted by Crippen LogP contribution is 2.27. The van der Waals surface area contributed by atoms with Crippen molar-refractivity contribution in [3.05, 3.63) is 89.7 Å². The van der Waals surface area contributed by atoms with Gasteiger partial charge in [0.15, 0.2) is 5.78 Å². The Morgan fingerprint density at radius 3 is 1.90 bits per heavy atom. The van der Waals surface area contributed by atoms with E-state index in [-0.39, 0.29) is 24.1 Å². The lowest BCUT2D eigenvalue weighted by molar-refractivity contribution is 0.0976. The lowest BCUT2D eigenvalue weighted by Gasteiger charge is -2.21. The lowest BCUT2D eigenvalue weighted by atomic mass is 9.97. The third kappa shape index (κ3) is 5.83. The van der Waals surface area contributed by atoms with E-state index < -0.39 is 0 Å². The van der Waals surface area contributed by atoms with Crippen LogP contribution in [0.3, 0.4) is 0 Å². The van der Waals surface area contributed by atoms with Gasteiger partial charge in [0.25, 0.3) is 0 Å². The Kier molecular flexibility index (Phi) is 7.44. The molecule has 0 radical (unpaired) electrons. The van der Waals surface area contributed by atoms with Gasteiger partial charge in [-0.25, -0.2) is 4.39 Å². The second-order valence-electron chi connectivity index (χ2n) is 6.79. The summed E-state index contributed by atoms with van der Waals surface area (Å²) in [6, 6.07) is 20.7. The zero-order chi connectivity index (χ0) is 21.3. The SMILES string of the molecule is CCOc1ccc(NC(CC(=O)c2ccc(F)cc2)c2ccc(OCC)cc2)cc1. The molecule has 1 atom stereocenters. The van der Waals surface area contributed by atoms with Crippen LogP contribution in [-0.4, -0.2) is 19.0 Å². The molecule has 1 unspecified atom stereocenters. The summed E-state index contributed by atoms with van der Waals surface area (Å²) in [4.78, 5) is 12.8. The fourth-order valence-corrected chi connectivity index (χ4v) is 3.17. The van der Waals surface area contributed by atoms with E-state index in [0.717, 1.165) is 22.7 Å². The van der Waals surface area contributed by atoms with E-state index >= 15 is 0 Å². The molecule has 5 heteroatoms. The van der Waals surface area contributed by atoms with Crippen LogP contribution in [0.25, 0.3) is 0 Å². The number of hydrogen-bond donors (Lipinski definition) is 1. The molecule has 0 heterocycles. The van der Waals surface area contributed by atoms with Gasteiger partial charge in [-0.05, 0) is 80.1 Å². The molecule has 4 nitrogen and oxygen atoms in total. The first-order chi connectivity index (χ1) is 14.6. The molecular weight excluding hydrogens is 381 g/mol. The second-order valence-corrected chi connectivity index (χ2v) is 6.79. The fraction of sp³-hybridized carbons (Fsp3) is 0.240. The van der Waals surface area contributed by atoms with Gasteiger partial charge in [-0.2, -0.15) is 0 Å². The van der Waals surface area contributed by atoms with Gasteiger partial charge in [-0.3, -0.25) is 4.79 Å². The zero-order valence-corrected chi connectivity index (χ0v) is 17.2. The number of ether oxygens (including phenoxy) is 2. The van der Waals surface area contributed by atoms with Crippen LogP contribution >= 0.6 is 0 Å². The van der Waals surface area contributed by atoms with Crippen molar-refractivity contribution in [2.75, 3.05) is 18.5 Å². The van der Waals surface area contributed by atoms with Crippen LogP contribution in [0.1, 0.15) is 42.2 Å². The average molecular weight is 407 g/mol. The molecule has 0 aliphatic heterocycles. The van der Waals surface area contributed by atoms with Gasteiger partial charge in [-0.15, -0.1) is 0 Å². The van der Waals surface area contributed by atoms with E-state index in [1.165, 1.54) is 24.3 Å². The quantitative estimate of drug-likeness (QED) is 0.416. The Hall–Kier alpha value is -3.34. The first-order valence-electron chi connectivity index (χ1n) is 10.1. The molecule has 0 amide bonds. The molecule has 0 saturated heterocycles. The predicted octanol–water partition coefficient (Wildman–Crippen LogP) is 6.05. The molecule has 0 aromatic heterocycles. The maximum absolute atomic E-state index is 13.2. The Morgan fingerprint density at radius 2 is 1.37 bits per heavy atom. The Morgan fingerprint density at radius 1 is 0.833 bits per heavy atom. The molecule has 0 fully saturated rings. The van der Waals surface area contributed by atoms with Gasteiger partial charge in [0.1, 0.15) is 17.3 Å². The number of carbonyl (C=O) groups is 1. The molecule has 3 aromatic carbocycles. The van der Waals surface area contributed by atoms with Crippen molar-refractivity contribution in [1.82, 2.24) is 0 Å². The van der Waals surface area contributed by atoms with Crippen molar-refractivity contribution >= 4 is 11.5 Å². The Bertz CT molecular complexity index is 938. The number of halogens is 1. The summed E-state index contributed by atoms with van der Waals surface area (Å²) >= 11 is 0. The van der Waals surface area contributed by atoms with E-state index in [1.807, 2.05) is 62.4 Å². The van der Waals surface area contributed by atoms with Gasteiger partial charge < -0.3 is 14.8 Å². The molecule has 0 spiro atoms. The smallest absolute Gasteiger partial charge is 0.165 e. The van der Waals surface area contributed by atoms with Crippen LogP contribution < -0.4 is 14.8 Å². The molecule has 1 N–H and O–H groups in total. The number of Topliss-reactive ketones (excluding diaryl/α,β-unsaturated/α-hetero) is 1. The second kappa shape index (κ2) is 10.4. The number of nitrogens with one attached hydrogen (secondary N) is 1. The molecule has 3 aromatic rings. The highest BCUT2D eigenvalue weighted by Gasteiger charge is 2.18. The molecule has 0 aliphatic rings. The largest absolute Gasteiger partial charge is 0.494 e. The third-order valence-corrected chi connectivity index (χ3v) is 4.66. The number of hydrogen-bond acceptors (Lipinski definition) is 4. The van der Waals surface area contributed by atoms with Crippen LogP contribution in [0.15, 0.2) is 72.8 Å². The van der Waals surface area contributed by atoms with E-state index in [0.29, 0.717) is 18.8 Å². The summed E-state index contributed by atoms with van der Waals surface area (Å²) in [5, 5.41) is 3.44. The van der Waals surface area contributed by atoms with Gasteiger partial charge in [0.2, 0.25) is 0 Å². The van der Waals surface area contributed by atoms with E-state index in [9.17, 15) is 9.18 Å². The summed E-state index contributed by atoms with van der Waals surface area (Å²) in [7, 11) is 0. The number of ketones is 1. The molecular formula is C25H26FNO3. The number of benzene rings is 3. The fourth-order valence-electron chi connectivity index (χ4n) is 3.17. The van der Waals surface area contributed by atoms with Crippen LogP contribution in [-0.2, 0) is 0 Å². The van der Waals surface area contributed by atoms with Crippen molar-refractivity contribution in [2.45, 2.75) is 26.3 Å². The van der Waals surface area contributed by atoms with Crippen molar-refractivity contribution in [3.63, 3.8) is 0 Å². The molecule has 156 valence electrons. The maximum Gasteiger partial charge on any atom is 0.165 e. The Labute approximate surface area is 176 Å². The minimum Gasteiger partial charge on any atom is -0.494 e. The van der Waals surface area contributed by atoms with E-state index in [2.05, 4.69) is 5.32 Å². The zero-order valence-electron chi connectivity index (χ0n) is 17.2. The molecule has 0 aliphatic carbocycles. The normalized spacial score (nSPS) is 11.6. The van der Waals surface area contributed by atoms with Crippen LogP contribution in [0.5, 0.6) is 11.5 Å². The highest BCUT2D eigenvalue weighted by atomic mass is 19.1. The van der Waals surface area contributed by atoms with Crippen molar-refractivity contribution in [2.24, 2.45) is 0 Å². The van der Waals surface area contributed by atoms with Gasteiger partial charge in [0, 0.05) is 17.7 Å². The topological polar surface area (TPSA) is 47.6 Å². The summed E-state index contributed by atoms with van der Waals surface area (Å²) in [6.45, 7) is 5.07. The van der Waals surface area contributed by atoms with Crippen LogP contribution in [0.4, 0.5) is 10.1 Å². The Balaban J connectivity index is 1.81. The highest BCUT2D eigenvalue weighted by molar-refractivity contribution is 5.96. The van der Waals surface area contributed by atoms with Gasteiger partial charge in [-0.1, -0.05) is 12.1 Å². The maximum atomic E-state index is 13.2. The first-order valence-corrected chi connectivity index (χ1v) is 10.1. The van der Waals surface area contributed by atoms with Gasteiger partial charge >= 0.3 is 0 Å². The first kappa shape index (κ1) is 21.4. The summed E-state index contributed by atoms with van der Waals surface area (Å²) < 4.78 is 24.2. The van der Waals surface area contributed by atoms with Crippen LogP contribution in [0, 0.1) is 5.82 Å². The third-order valence-electron chi connectivity index (χ3n) is 4.66. The minimum absolute atomic E-state index is 0.0627. The number of carbonyl (C=O) groups excluding carboxylic acids is 1. The molecule has 0 bridgehead atoms. The number of anilines is 1. The van der Waals surface area contributed by atoms with Crippen molar-refractivity contribution < 1.29 is 18.7 Å². The summed E-state index contributed by atoms with van der Waals surface area (Å²) in [5.74, 6) is 1.16. The monoisotopic (exact) mass is 407 g/mol.